The van der Waals surface area contributed by atoms with Crippen LogP contribution in [-0.2, 0) is 9.59 Å². The summed E-state index contributed by atoms with van der Waals surface area (Å²) in [5, 5.41) is 3.30. The molecule has 19 heavy (non-hydrogen) atoms. The molecule has 1 aliphatic carbocycles. The molecule has 1 heterocycles. The molecule has 0 bridgehead atoms. The maximum atomic E-state index is 12.8. The van der Waals surface area contributed by atoms with Crippen molar-refractivity contribution in [3.05, 3.63) is 0 Å². The van der Waals surface area contributed by atoms with E-state index in [2.05, 4.69) is 5.32 Å². The second kappa shape index (κ2) is 5.90. The van der Waals surface area contributed by atoms with Crippen molar-refractivity contribution in [1.82, 2.24) is 10.2 Å². The molecule has 1 unspecified atom stereocenters. The number of piperidine rings is 1. The summed E-state index contributed by atoms with van der Waals surface area (Å²) >= 11 is 0. The van der Waals surface area contributed by atoms with Crippen molar-refractivity contribution >= 4 is 11.8 Å². The minimum Gasteiger partial charge on any atom is -0.368 e. The summed E-state index contributed by atoms with van der Waals surface area (Å²) in [6.45, 7) is 3.86. The number of hydrogen-bond acceptors (Lipinski definition) is 3. The number of primary amides is 1. The first-order valence-electron chi connectivity index (χ1n) is 7.33. The fourth-order valence-corrected chi connectivity index (χ4v) is 3.35. The Morgan fingerprint density at radius 1 is 1.32 bits per heavy atom. The highest BCUT2D eigenvalue weighted by Crippen LogP contribution is 2.39. The molecule has 5 nitrogen and oxygen atoms in total. The molecule has 5 heteroatoms. The van der Waals surface area contributed by atoms with Gasteiger partial charge < -0.3 is 16.0 Å². The van der Waals surface area contributed by atoms with Crippen molar-refractivity contribution in [2.45, 2.75) is 51.5 Å². The molecule has 2 aliphatic rings. The molecule has 3 N–H and O–H groups in total. The molecule has 1 saturated heterocycles. The van der Waals surface area contributed by atoms with E-state index in [1.54, 1.807) is 4.90 Å². The Kier molecular flexibility index (Phi) is 4.45. The Bertz CT molecular complexity index is 345. The second-order valence-electron chi connectivity index (χ2n) is 6.17. The second-order valence-corrected chi connectivity index (χ2v) is 6.17. The summed E-state index contributed by atoms with van der Waals surface area (Å²) in [6.07, 6.45) is 6.08. The number of carbonyl (C=O) groups is 2. The lowest BCUT2D eigenvalue weighted by molar-refractivity contribution is -0.146. The van der Waals surface area contributed by atoms with Gasteiger partial charge in [0.2, 0.25) is 11.8 Å². The van der Waals surface area contributed by atoms with Crippen LogP contribution < -0.4 is 11.1 Å². The third kappa shape index (κ3) is 3.26. The number of carbonyl (C=O) groups excluding carboxylic acids is 2. The Labute approximate surface area is 114 Å². The number of rotatable bonds is 4. The van der Waals surface area contributed by atoms with Crippen molar-refractivity contribution in [3.63, 3.8) is 0 Å². The molecule has 2 amide bonds. The molecule has 2 rings (SSSR count). The number of amides is 2. The normalized spacial score (nSPS) is 26.1. The smallest absolute Gasteiger partial charge is 0.237 e. The summed E-state index contributed by atoms with van der Waals surface area (Å²) in [5.74, 6) is -0.293. The minimum absolute atomic E-state index is 0.0563. The maximum Gasteiger partial charge on any atom is 0.237 e. The van der Waals surface area contributed by atoms with Gasteiger partial charge in [-0.1, -0.05) is 19.8 Å². The highest BCUT2D eigenvalue weighted by Gasteiger charge is 2.41. The largest absolute Gasteiger partial charge is 0.368 e. The number of hydrogen-bond donors (Lipinski definition) is 2. The molecule has 0 spiro atoms. The Morgan fingerprint density at radius 3 is 2.53 bits per heavy atom. The van der Waals surface area contributed by atoms with Crippen molar-refractivity contribution in [3.8, 4) is 0 Å². The van der Waals surface area contributed by atoms with Gasteiger partial charge in [-0.15, -0.1) is 0 Å². The summed E-state index contributed by atoms with van der Waals surface area (Å²) in [4.78, 5) is 25.8. The first kappa shape index (κ1) is 14.3. The first-order valence-corrected chi connectivity index (χ1v) is 7.33. The van der Waals surface area contributed by atoms with E-state index < -0.39 is 5.91 Å². The van der Waals surface area contributed by atoms with Gasteiger partial charge in [-0.3, -0.25) is 9.59 Å². The first-order chi connectivity index (χ1) is 9.03. The van der Waals surface area contributed by atoms with Crippen molar-refractivity contribution < 1.29 is 9.59 Å². The highest BCUT2D eigenvalue weighted by atomic mass is 16.2. The number of nitrogens with two attached hydrogens (primary N) is 1. The van der Waals surface area contributed by atoms with Crippen LogP contribution in [0, 0.1) is 5.41 Å². The van der Waals surface area contributed by atoms with E-state index in [0.717, 1.165) is 51.6 Å². The van der Waals surface area contributed by atoms with Crippen LogP contribution in [0.4, 0.5) is 0 Å². The van der Waals surface area contributed by atoms with Gasteiger partial charge in [-0.05, 0) is 32.2 Å². The zero-order valence-corrected chi connectivity index (χ0v) is 11.8. The van der Waals surface area contributed by atoms with Crippen LogP contribution in [0.1, 0.15) is 45.4 Å². The van der Waals surface area contributed by atoms with Crippen molar-refractivity contribution in [2.24, 2.45) is 11.1 Å². The topological polar surface area (TPSA) is 75.4 Å². The molecule has 1 aliphatic heterocycles. The third-order valence-corrected chi connectivity index (χ3v) is 4.52. The summed E-state index contributed by atoms with van der Waals surface area (Å²) in [7, 11) is 0. The maximum absolute atomic E-state index is 12.8. The van der Waals surface area contributed by atoms with Gasteiger partial charge in [0, 0.05) is 18.0 Å². The average molecular weight is 267 g/mol. The minimum atomic E-state index is -0.416. The van der Waals surface area contributed by atoms with Crippen LogP contribution in [0.2, 0.25) is 0 Å². The van der Waals surface area contributed by atoms with Crippen LogP contribution in [0.25, 0.3) is 0 Å². The van der Waals surface area contributed by atoms with E-state index in [1.165, 1.54) is 0 Å². The van der Waals surface area contributed by atoms with Gasteiger partial charge in [0.1, 0.15) is 0 Å². The lowest BCUT2D eigenvalue weighted by Gasteiger charge is -2.38. The molecule has 2 fully saturated rings. The SMILES string of the molecule is CC1(C(=O)N(CC(N)=O)C2CCCNC2)CCCC1. The summed E-state index contributed by atoms with van der Waals surface area (Å²) in [6, 6.07) is 0.117. The zero-order chi connectivity index (χ0) is 13.9. The predicted molar refractivity (Wildman–Crippen MR) is 73.4 cm³/mol. The molecule has 0 aromatic carbocycles. The lowest BCUT2D eigenvalue weighted by atomic mass is 9.86. The van der Waals surface area contributed by atoms with Gasteiger partial charge in [0.05, 0.1) is 6.54 Å². The van der Waals surface area contributed by atoms with E-state index in [4.69, 9.17) is 5.73 Å². The van der Waals surface area contributed by atoms with Crippen LogP contribution in [0.3, 0.4) is 0 Å². The van der Waals surface area contributed by atoms with E-state index in [1.807, 2.05) is 6.92 Å². The van der Waals surface area contributed by atoms with Gasteiger partial charge in [-0.2, -0.15) is 0 Å². The highest BCUT2D eigenvalue weighted by molar-refractivity contribution is 5.87. The summed E-state index contributed by atoms with van der Waals surface area (Å²) < 4.78 is 0. The molecule has 0 aromatic heterocycles. The van der Waals surface area contributed by atoms with E-state index >= 15 is 0 Å². The quantitative estimate of drug-likeness (QED) is 0.784. The van der Waals surface area contributed by atoms with Gasteiger partial charge >= 0.3 is 0 Å². The van der Waals surface area contributed by atoms with Gasteiger partial charge in [-0.25, -0.2) is 0 Å². The predicted octanol–water partition coefficient (Wildman–Crippen LogP) is 0.633. The van der Waals surface area contributed by atoms with Crippen molar-refractivity contribution in [1.29, 1.82) is 0 Å². The lowest BCUT2D eigenvalue weighted by Crippen LogP contribution is -2.54. The van der Waals surface area contributed by atoms with Crippen molar-refractivity contribution in [2.75, 3.05) is 19.6 Å². The average Bonchev–Trinajstić information content (AvgIpc) is 2.84. The van der Waals surface area contributed by atoms with Crippen LogP contribution in [0.15, 0.2) is 0 Å². The molecule has 0 radical (unpaired) electrons. The third-order valence-electron chi connectivity index (χ3n) is 4.52. The Morgan fingerprint density at radius 2 is 2.00 bits per heavy atom. The molecule has 0 aromatic rings. The standard InChI is InChI=1S/C14H25N3O2/c1-14(6-2-3-7-14)13(19)17(10-12(15)18)11-5-4-8-16-9-11/h11,16H,2-10H2,1H3,(H2,15,18). The van der Waals surface area contributed by atoms with E-state index in [9.17, 15) is 9.59 Å². The fraction of sp³-hybridized carbons (Fsp3) is 0.857. The molecular formula is C14H25N3O2. The van der Waals surface area contributed by atoms with Crippen LogP contribution in [0.5, 0.6) is 0 Å². The molecule has 1 saturated carbocycles. The molecular weight excluding hydrogens is 242 g/mol. The van der Waals surface area contributed by atoms with Gasteiger partial charge in [0.25, 0.3) is 0 Å². The monoisotopic (exact) mass is 267 g/mol. The Balaban J connectivity index is 2.11. The van der Waals surface area contributed by atoms with Gasteiger partial charge in [0.15, 0.2) is 0 Å². The van der Waals surface area contributed by atoms with Crippen LogP contribution in [-0.4, -0.2) is 42.4 Å². The van der Waals surface area contributed by atoms with E-state index in [-0.39, 0.29) is 23.9 Å². The number of nitrogens with one attached hydrogen (secondary N) is 1. The zero-order valence-electron chi connectivity index (χ0n) is 11.8. The van der Waals surface area contributed by atoms with E-state index in [0.29, 0.717) is 0 Å². The number of nitrogens with zero attached hydrogens (tertiary/aromatic N) is 1. The molecule has 108 valence electrons. The van der Waals surface area contributed by atoms with Crippen LogP contribution >= 0.6 is 0 Å². The fourth-order valence-electron chi connectivity index (χ4n) is 3.35. The Hall–Kier alpha value is -1.10. The summed E-state index contributed by atoms with van der Waals surface area (Å²) in [5.41, 5.74) is 5.04. The molecule has 1 atom stereocenters.